The van der Waals surface area contributed by atoms with Crippen molar-refractivity contribution < 1.29 is 9.53 Å². The van der Waals surface area contributed by atoms with Crippen molar-refractivity contribution >= 4 is 5.91 Å². The van der Waals surface area contributed by atoms with E-state index in [1.54, 1.807) is 6.20 Å². The molecule has 1 aliphatic rings. The van der Waals surface area contributed by atoms with Crippen LogP contribution in [0.2, 0.25) is 0 Å². The smallest absolute Gasteiger partial charge is 0.240 e. The Morgan fingerprint density at radius 2 is 2.32 bits per heavy atom. The van der Waals surface area contributed by atoms with Gasteiger partial charge in [-0.05, 0) is 19.4 Å². The number of rotatable bonds is 6. The molecule has 1 amide bonds. The Bertz CT molecular complexity index is 399. The first-order valence-electron chi connectivity index (χ1n) is 6.87. The molecular weight excluding hydrogens is 244 g/mol. The molecule has 0 aromatic carbocycles. The number of hydrogen-bond donors (Lipinski definition) is 2. The van der Waals surface area contributed by atoms with Gasteiger partial charge < -0.3 is 19.9 Å². The van der Waals surface area contributed by atoms with E-state index < -0.39 is 0 Å². The molecular formula is C13H22N4O2. The summed E-state index contributed by atoms with van der Waals surface area (Å²) >= 11 is 0. The highest BCUT2D eigenvalue weighted by molar-refractivity contribution is 5.76. The van der Waals surface area contributed by atoms with Gasteiger partial charge in [0.1, 0.15) is 12.4 Å². The van der Waals surface area contributed by atoms with E-state index in [4.69, 9.17) is 4.74 Å². The van der Waals surface area contributed by atoms with Crippen molar-refractivity contribution in [3.63, 3.8) is 0 Å². The Kier molecular flexibility index (Phi) is 5.35. The van der Waals surface area contributed by atoms with Crippen LogP contribution in [-0.2, 0) is 22.6 Å². The number of amides is 1. The van der Waals surface area contributed by atoms with Crippen LogP contribution in [0.4, 0.5) is 0 Å². The molecule has 0 aliphatic carbocycles. The zero-order valence-electron chi connectivity index (χ0n) is 11.4. The van der Waals surface area contributed by atoms with Gasteiger partial charge in [-0.3, -0.25) is 4.79 Å². The molecule has 1 aromatic heterocycles. The highest BCUT2D eigenvalue weighted by atomic mass is 16.5. The third-order valence-corrected chi connectivity index (χ3v) is 3.24. The van der Waals surface area contributed by atoms with Crippen molar-refractivity contribution in [2.45, 2.75) is 38.9 Å². The lowest BCUT2D eigenvalue weighted by Gasteiger charge is -2.23. The molecule has 0 atom stereocenters. The highest BCUT2D eigenvalue weighted by Crippen LogP contribution is 2.06. The number of ether oxygens (including phenoxy) is 1. The molecule has 2 rings (SSSR count). The summed E-state index contributed by atoms with van der Waals surface area (Å²) in [5.74, 6) is 0.937. The van der Waals surface area contributed by atoms with Crippen LogP contribution >= 0.6 is 0 Å². The number of nitrogens with one attached hydrogen (secondary N) is 2. The van der Waals surface area contributed by atoms with E-state index in [2.05, 4.69) is 15.6 Å². The lowest BCUT2D eigenvalue weighted by atomic mass is 10.1. The number of nitrogens with zero attached hydrogens (tertiary/aromatic N) is 2. The number of carbonyl (C=O) groups excluding carboxylic acids is 1. The Labute approximate surface area is 113 Å². The SMILES string of the molecule is CCNCc1nccn1CC(=O)NC1CCOCC1. The van der Waals surface area contributed by atoms with Crippen molar-refractivity contribution in [1.29, 1.82) is 0 Å². The van der Waals surface area contributed by atoms with Gasteiger partial charge in [0, 0.05) is 31.6 Å². The Morgan fingerprint density at radius 1 is 1.53 bits per heavy atom. The topological polar surface area (TPSA) is 68.2 Å². The molecule has 1 saturated heterocycles. The number of imidazole rings is 1. The van der Waals surface area contributed by atoms with Crippen molar-refractivity contribution in [3.05, 3.63) is 18.2 Å². The molecule has 106 valence electrons. The van der Waals surface area contributed by atoms with Crippen LogP contribution < -0.4 is 10.6 Å². The summed E-state index contributed by atoms with van der Waals surface area (Å²) < 4.78 is 7.16. The molecule has 19 heavy (non-hydrogen) atoms. The number of hydrogen-bond acceptors (Lipinski definition) is 4. The summed E-state index contributed by atoms with van der Waals surface area (Å²) in [4.78, 5) is 16.2. The minimum absolute atomic E-state index is 0.0441. The summed E-state index contributed by atoms with van der Waals surface area (Å²) in [7, 11) is 0. The van der Waals surface area contributed by atoms with E-state index >= 15 is 0 Å². The predicted molar refractivity (Wildman–Crippen MR) is 71.6 cm³/mol. The molecule has 0 unspecified atom stereocenters. The second kappa shape index (κ2) is 7.25. The van der Waals surface area contributed by atoms with E-state index in [1.165, 1.54) is 0 Å². The van der Waals surface area contributed by atoms with E-state index in [0.717, 1.165) is 38.4 Å². The molecule has 1 aliphatic heterocycles. The van der Waals surface area contributed by atoms with Crippen LogP contribution in [0, 0.1) is 0 Å². The fourth-order valence-corrected chi connectivity index (χ4v) is 2.16. The van der Waals surface area contributed by atoms with Gasteiger partial charge in [0.05, 0.1) is 6.54 Å². The Balaban J connectivity index is 1.82. The second-order valence-electron chi connectivity index (χ2n) is 4.71. The largest absolute Gasteiger partial charge is 0.381 e. The van der Waals surface area contributed by atoms with Gasteiger partial charge in [-0.1, -0.05) is 6.92 Å². The Morgan fingerprint density at radius 3 is 3.05 bits per heavy atom. The van der Waals surface area contributed by atoms with Crippen molar-refractivity contribution in [2.24, 2.45) is 0 Å². The zero-order valence-corrected chi connectivity index (χ0v) is 11.4. The van der Waals surface area contributed by atoms with Crippen molar-refractivity contribution in [3.8, 4) is 0 Å². The third kappa shape index (κ3) is 4.33. The molecule has 6 nitrogen and oxygen atoms in total. The van der Waals surface area contributed by atoms with Gasteiger partial charge in [0.15, 0.2) is 0 Å². The quantitative estimate of drug-likeness (QED) is 0.776. The average molecular weight is 266 g/mol. The Hall–Kier alpha value is -1.40. The van der Waals surface area contributed by atoms with E-state index in [1.807, 2.05) is 17.7 Å². The third-order valence-electron chi connectivity index (χ3n) is 3.24. The standard InChI is InChI=1S/C13H22N4O2/c1-2-14-9-12-15-5-6-17(12)10-13(18)16-11-3-7-19-8-4-11/h5-6,11,14H,2-4,7-10H2,1H3,(H,16,18). The zero-order chi connectivity index (χ0) is 13.5. The minimum atomic E-state index is 0.0441. The van der Waals surface area contributed by atoms with Gasteiger partial charge in [0.25, 0.3) is 0 Å². The molecule has 0 saturated carbocycles. The summed E-state index contributed by atoms with van der Waals surface area (Å²) in [6.45, 7) is 5.43. The highest BCUT2D eigenvalue weighted by Gasteiger charge is 2.16. The van der Waals surface area contributed by atoms with Crippen molar-refractivity contribution in [1.82, 2.24) is 20.2 Å². The van der Waals surface area contributed by atoms with Crippen LogP contribution in [0.15, 0.2) is 12.4 Å². The van der Waals surface area contributed by atoms with Crippen LogP contribution in [0.25, 0.3) is 0 Å². The molecule has 0 spiro atoms. The lowest BCUT2D eigenvalue weighted by molar-refractivity contribution is -0.123. The summed E-state index contributed by atoms with van der Waals surface area (Å²) in [5.41, 5.74) is 0. The fraction of sp³-hybridized carbons (Fsp3) is 0.692. The summed E-state index contributed by atoms with van der Waals surface area (Å²) in [5, 5.41) is 6.27. The minimum Gasteiger partial charge on any atom is -0.381 e. The van der Waals surface area contributed by atoms with Crippen LogP contribution in [0.5, 0.6) is 0 Å². The van der Waals surface area contributed by atoms with Gasteiger partial charge in [-0.15, -0.1) is 0 Å². The summed E-state index contributed by atoms with van der Waals surface area (Å²) in [6.07, 6.45) is 5.38. The van der Waals surface area contributed by atoms with Gasteiger partial charge >= 0.3 is 0 Å². The van der Waals surface area contributed by atoms with Gasteiger partial charge in [0.2, 0.25) is 5.91 Å². The average Bonchev–Trinajstić information content (AvgIpc) is 2.84. The molecule has 0 bridgehead atoms. The van der Waals surface area contributed by atoms with E-state index in [9.17, 15) is 4.79 Å². The van der Waals surface area contributed by atoms with E-state index in [-0.39, 0.29) is 11.9 Å². The monoisotopic (exact) mass is 266 g/mol. The predicted octanol–water partition coefficient (Wildman–Crippen LogP) is 0.288. The van der Waals surface area contributed by atoms with Gasteiger partial charge in [-0.25, -0.2) is 4.98 Å². The molecule has 0 radical (unpaired) electrons. The summed E-state index contributed by atoms with van der Waals surface area (Å²) in [6, 6.07) is 0.252. The maximum absolute atomic E-state index is 12.0. The molecule has 1 aromatic rings. The second-order valence-corrected chi connectivity index (χ2v) is 4.71. The lowest BCUT2D eigenvalue weighted by Crippen LogP contribution is -2.40. The van der Waals surface area contributed by atoms with Crippen LogP contribution in [-0.4, -0.2) is 41.3 Å². The maximum Gasteiger partial charge on any atom is 0.240 e. The van der Waals surface area contributed by atoms with E-state index in [0.29, 0.717) is 13.1 Å². The number of aromatic nitrogens is 2. The van der Waals surface area contributed by atoms with Crippen molar-refractivity contribution in [2.75, 3.05) is 19.8 Å². The van der Waals surface area contributed by atoms with Crippen LogP contribution in [0.3, 0.4) is 0 Å². The molecule has 2 N–H and O–H groups in total. The maximum atomic E-state index is 12.0. The first kappa shape index (κ1) is 14.0. The first-order chi connectivity index (χ1) is 9.29. The molecule has 6 heteroatoms. The normalized spacial score (nSPS) is 16.5. The molecule has 1 fully saturated rings. The first-order valence-corrected chi connectivity index (χ1v) is 6.87. The van der Waals surface area contributed by atoms with Crippen LogP contribution in [0.1, 0.15) is 25.6 Å². The van der Waals surface area contributed by atoms with Gasteiger partial charge in [-0.2, -0.15) is 0 Å². The fourth-order valence-electron chi connectivity index (χ4n) is 2.16. The molecule has 2 heterocycles. The number of carbonyl (C=O) groups is 1.